The van der Waals surface area contributed by atoms with E-state index < -0.39 is 0 Å². The summed E-state index contributed by atoms with van der Waals surface area (Å²) < 4.78 is 5.77. The second-order valence-electron chi connectivity index (χ2n) is 6.35. The van der Waals surface area contributed by atoms with E-state index in [0.29, 0.717) is 29.5 Å². The number of amides is 2. The predicted octanol–water partition coefficient (Wildman–Crippen LogP) is 3.48. The Labute approximate surface area is 146 Å². The molecule has 2 amide bonds. The number of benzene rings is 1. The van der Waals surface area contributed by atoms with Gasteiger partial charge >= 0.3 is 0 Å². The van der Waals surface area contributed by atoms with Crippen LogP contribution in [0.4, 0.5) is 0 Å². The molecule has 0 unspecified atom stereocenters. The molecule has 2 aromatic rings. The number of furan rings is 1. The molecular formula is C18H21ClN2O3. The number of aryl methyl sites for hydroxylation is 1. The molecular weight excluding hydrogens is 328 g/mol. The molecule has 2 heterocycles. The standard InChI is InChI=1S/C18H21ClN2O3/c1-11-15-10-13(19)4-5-16(15)24-17(11)18(23)21-8-6-14(7-9-21)20(3)12(2)22/h4-5,10,14H,6-9H2,1-3H3. The van der Waals surface area contributed by atoms with E-state index in [9.17, 15) is 9.59 Å². The lowest BCUT2D eigenvalue weighted by molar-refractivity contribution is -0.130. The summed E-state index contributed by atoms with van der Waals surface area (Å²) in [6.07, 6.45) is 1.57. The Morgan fingerprint density at radius 3 is 2.58 bits per heavy atom. The number of rotatable bonds is 2. The molecule has 3 rings (SSSR count). The Morgan fingerprint density at radius 2 is 1.96 bits per heavy atom. The van der Waals surface area contributed by atoms with Crippen LogP contribution >= 0.6 is 11.6 Å². The monoisotopic (exact) mass is 348 g/mol. The number of fused-ring (bicyclic) bond motifs is 1. The van der Waals surface area contributed by atoms with Crippen molar-refractivity contribution in [3.63, 3.8) is 0 Å². The molecule has 1 aromatic heterocycles. The Kier molecular flexibility index (Phi) is 4.54. The topological polar surface area (TPSA) is 53.8 Å². The highest BCUT2D eigenvalue weighted by molar-refractivity contribution is 6.31. The van der Waals surface area contributed by atoms with Gasteiger partial charge in [0.25, 0.3) is 5.91 Å². The highest BCUT2D eigenvalue weighted by Gasteiger charge is 2.29. The van der Waals surface area contributed by atoms with E-state index in [2.05, 4.69) is 0 Å². The Balaban J connectivity index is 1.76. The average molecular weight is 349 g/mol. The van der Waals surface area contributed by atoms with Crippen LogP contribution in [0.25, 0.3) is 11.0 Å². The van der Waals surface area contributed by atoms with E-state index in [1.54, 1.807) is 28.9 Å². The van der Waals surface area contributed by atoms with Crippen molar-refractivity contribution >= 4 is 34.4 Å². The van der Waals surface area contributed by atoms with Crippen molar-refractivity contribution in [1.82, 2.24) is 9.80 Å². The van der Waals surface area contributed by atoms with Crippen LogP contribution in [-0.2, 0) is 4.79 Å². The summed E-state index contributed by atoms with van der Waals surface area (Å²) in [4.78, 5) is 27.8. The Hall–Kier alpha value is -2.01. The zero-order valence-electron chi connectivity index (χ0n) is 14.1. The molecule has 0 aliphatic carbocycles. The number of carbonyl (C=O) groups is 2. The maximum absolute atomic E-state index is 12.8. The van der Waals surface area contributed by atoms with E-state index in [4.69, 9.17) is 16.0 Å². The van der Waals surface area contributed by atoms with Gasteiger partial charge in [-0.3, -0.25) is 9.59 Å². The van der Waals surface area contributed by atoms with Gasteiger partial charge in [-0.05, 0) is 38.0 Å². The summed E-state index contributed by atoms with van der Waals surface area (Å²) in [5.41, 5.74) is 1.49. The van der Waals surface area contributed by atoms with Gasteiger partial charge in [-0.2, -0.15) is 0 Å². The average Bonchev–Trinajstić information content (AvgIpc) is 2.90. The maximum atomic E-state index is 12.8. The molecule has 1 fully saturated rings. The zero-order chi connectivity index (χ0) is 17.4. The third-order valence-electron chi connectivity index (χ3n) is 4.89. The minimum atomic E-state index is -0.0937. The molecule has 1 aliphatic heterocycles. The highest BCUT2D eigenvalue weighted by atomic mass is 35.5. The van der Waals surface area contributed by atoms with Gasteiger partial charge in [0.05, 0.1) is 0 Å². The van der Waals surface area contributed by atoms with E-state index in [-0.39, 0.29) is 17.9 Å². The van der Waals surface area contributed by atoms with Gasteiger partial charge in [0.15, 0.2) is 5.76 Å². The first-order valence-electron chi connectivity index (χ1n) is 8.10. The van der Waals surface area contributed by atoms with Crippen LogP contribution in [-0.4, -0.2) is 47.8 Å². The van der Waals surface area contributed by atoms with Crippen LogP contribution in [0.5, 0.6) is 0 Å². The SMILES string of the molecule is CC(=O)N(C)C1CCN(C(=O)c2oc3ccc(Cl)cc3c2C)CC1. The van der Waals surface area contributed by atoms with Crippen LogP contribution in [0.15, 0.2) is 22.6 Å². The van der Waals surface area contributed by atoms with Crippen molar-refractivity contribution in [2.75, 3.05) is 20.1 Å². The molecule has 1 saturated heterocycles. The van der Waals surface area contributed by atoms with Gasteiger partial charge in [0, 0.05) is 49.1 Å². The van der Waals surface area contributed by atoms with Crippen molar-refractivity contribution < 1.29 is 14.0 Å². The van der Waals surface area contributed by atoms with Gasteiger partial charge < -0.3 is 14.2 Å². The smallest absolute Gasteiger partial charge is 0.289 e. The molecule has 24 heavy (non-hydrogen) atoms. The zero-order valence-corrected chi connectivity index (χ0v) is 14.9. The summed E-state index contributed by atoms with van der Waals surface area (Å²) >= 11 is 6.03. The predicted molar refractivity (Wildman–Crippen MR) is 93.3 cm³/mol. The quantitative estimate of drug-likeness (QED) is 0.835. The number of carbonyl (C=O) groups excluding carboxylic acids is 2. The van der Waals surface area contributed by atoms with E-state index in [1.807, 2.05) is 20.0 Å². The molecule has 128 valence electrons. The number of piperidine rings is 1. The first-order valence-corrected chi connectivity index (χ1v) is 8.47. The van der Waals surface area contributed by atoms with Crippen molar-refractivity contribution in [3.05, 3.63) is 34.5 Å². The van der Waals surface area contributed by atoms with Crippen LogP contribution < -0.4 is 0 Å². The normalized spacial score (nSPS) is 15.8. The molecule has 1 aliphatic rings. The van der Waals surface area contributed by atoms with Crippen molar-refractivity contribution in [3.8, 4) is 0 Å². The van der Waals surface area contributed by atoms with Crippen molar-refractivity contribution in [2.45, 2.75) is 32.7 Å². The summed E-state index contributed by atoms with van der Waals surface area (Å²) in [5.74, 6) is 0.346. The Bertz CT molecular complexity index is 791. The van der Waals surface area contributed by atoms with Gasteiger partial charge in [-0.25, -0.2) is 0 Å². The van der Waals surface area contributed by atoms with Gasteiger partial charge in [0.1, 0.15) is 5.58 Å². The number of halogens is 1. The van der Waals surface area contributed by atoms with Gasteiger partial charge in [0.2, 0.25) is 5.91 Å². The lowest BCUT2D eigenvalue weighted by atomic mass is 10.0. The molecule has 0 spiro atoms. The lowest BCUT2D eigenvalue weighted by Crippen LogP contribution is -2.46. The summed E-state index contributed by atoms with van der Waals surface area (Å²) in [6, 6.07) is 5.56. The summed E-state index contributed by atoms with van der Waals surface area (Å²) in [5, 5.41) is 1.50. The molecule has 0 atom stereocenters. The number of hydrogen-bond donors (Lipinski definition) is 0. The fourth-order valence-corrected chi connectivity index (χ4v) is 3.43. The third-order valence-corrected chi connectivity index (χ3v) is 5.12. The van der Waals surface area contributed by atoms with Crippen molar-refractivity contribution in [1.29, 1.82) is 0 Å². The van der Waals surface area contributed by atoms with Crippen LogP contribution in [0.2, 0.25) is 5.02 Å². The number of hydrogen-bond acceptors (Lipinski definition) is 3. The van der Waals surface area contributed by atoms with Crippen LogP contribution in [0, 0.1) is 6.92 Å². The van der Waals surface area contributed by atoms with Crippen LogP contribution in [0.1, 0.15) is 35.9 Å². The van der Waals surface area contributed by atoms with Gasteiger partial charge in [-0.1, -0.05) is 11.6 Å². The second kappa shape index (κ2) is 6.48. The summed E-state index contributed by atoms with van der Waals surface area (Å²) in [7, 11) is 1.82. The second-order valence-corrected chi connectivity index (χ2v) is 6.79. The molecule has 0 N–H and O–H groups in total. The fraction of sp³-hybridized carbons (Fsp3) is 0.444. The van der Waals surface area contributed by atoms with Crippen LogP contribution in [0.3, 0.4) is 0 Å². The van der Waals surface area contributed by atoms with E-state index in [1.165, 1.54) is 0 Å². The Morgan fingerprint density at radius 1 is 1.29 bits per heavy atom. The summed E-state index contributed by atoms with van der Waals surface area (Å²) in [6.45, 7) is 4.70. The van der Waals surface area contributed by atoms with Gasteiger partial charge in [-0.15, -0.1) is 0 Å². The molecule has 5 nitrogen and oxygen atoms in total. The number of likely N-dealkylation sites (tertiary alicyclic amines) is 1. The van der Waals surface area contributed by atoms with E-state index >= 15 is 0 Å². The minimum absolute atomic E-state index is 0.0600. The third kappa shape index (κ3) is 3.00. The number of nitrogens with zero attached hydrogens (tertiary/aromatic N) is 2. The largest absolute Gasteiger partial charge is 0.451 e. The first kappa shape index (κ1) is 16.8. The highest BCUT2D eigenvalue weighted by Crippen LogP contribution is 2.29. The molecule has 0 saturated carbocycles. The van der Waals surface area contributed by atoms with Crippen molar-refractivity contribution in [2.24, 2.45) is 0 Å². The molecule has 6 heteroatoms. The molecule has 1 aromatic carbocycles. The lowest BCUT2D eigenvalue weighted by Gasteiger charge is -2.36. The minimum Gasteiger partial charge on any atom is -0.451 e. The molecule has 0 radical (unpaired) electrons. The molecule has 0 bridgehead atoms. The fourth-order valence-electron chi connectivity index (χ4n) is 3.25. The maximum Gasteiger partial charge on any atom is 0.289 e. The van der Waals surface area contributed by atoms with E-state index in [0.717, 1.165) is 23.8 Å². The first-order chi connectivity index (χ1) is 11.4.